The van der Waals surface area contributed by atoms with Crippen LogP contribution in [0.4, 0.5) is 4.79 Å². The minimum atomic E-state index is -0.0380. The molecule has 2 amide bonds. The van der Waals surface area contributed by atoms with Crippen molar-refractivity contribution >= 4 is 17.4 Å². The summed E-state index contributed by atoms with van der Waals surface area (Å²) >= 11 is 1.71. The highest BCUT2D eigenvalue weighted by Crippen LogP contribution is 2.31. The number of fused-ring (bicyclic) bond motifs is 1. The van der Waals surface area contributed by atoms with E-state index in [1.165, 1.54) is 4.88 Å². The van der Waals surface area contributed by atoms with Gasteiger partial charge < -0.3 is 19.7 Å². The summed E-state index contributed by atoms with van der Waals surface area (Å²) in [5.74, 6) is 1.53. The molecule has 1 aliphatic rings. The van der Waals surface area contributed by atoms with Crippen LogP contribution in [0.5, 0.6) is 11.5 Å². The zero-order valence-electron chi connectivity index (χ0n) is 13.8. The molecule has 2 aromatic rings. The van der Waals surface area contributed by atoms with Gasteiger partial charge in [0.2, 0.25) is 0 Å². The normalized spacial score (nSPS) is 12.7. The molecular formula is C18H22N2O3S. The van der Waals surface area contributed by atoms with Crippen LogP contribution in [-0.2, 0) is 13.0 Å². The molecule has 0 fully saturated rings. The predicted molar refractivity (Wildman–Crippen MR) is 94.9 cm³/mol. The van der Waals surface area contributed by atoms with Gasteiger partial charge >= 0.3 is 6.03 Å². The molecule has 0 atom stereocenters. The third-order valence-electron chi connectivity index (χ3n) is 3.88. The van der Waals surface area contributed by atoms with E-state index in [1.54, 1.807) is 16.2 Å². The standard InChI is InChI=1S/C18H22N2O3S/c1-2-20(18(21)19-8-7-15-4-3-11-24-15)13-14-5-6-16-17(12-14)23-10-9-22-16/h3-6,11-12H,2,7-10,13H2,1H3,(H,19,21). The van der Waals surface area contributed by atoms with Crippen LogP contribution in [0.3, 0.4) is 0 Å². The number of rotatable bonds is 6. The van der Waals surface area contributed by atoms with Crippen LogP contribution in [0.2, 0.25) is 0 Å². The Bertz CT molecular complexity index is 673. The first kappa shape index (κ1) is 16.6. The minimum Gasteiger partial charge on any atom is -0.486 e. The maximum Gasteiger partial charge on any atom is 0.317 e. The van der Waals surface area contributed by atoms with Crippen molar-refractivity contribution in [1.82, 2.24) is 10.2 Å². The molecule has 0 unspecified atom stereocenters. The van der Waals surface area contributed by atoms with Crippen LogP contribution in [0.1, 0.15) is 17.4 Å². The first-order chi connectivity index (χ1) is 11.8. The molecule has 5 nitrogen and oxygen atoms in total. The average Bonchev–Trinajstić information content (AvgIpc) is 3.13. The predicted octanol–water partition coefficient (Wildman–Crippen LogP) is 3.29. The fraction of sp³-hybridized carbons (Fsp3) is 0.389. The number of thiophene rings is 1. The van der Waals surface area contributed by atoms with Gasteiger partial charge in [-0.15, -0.1) is 11.3 Å². The molecule has 24 heavy (non-hydrogen) atoms. The summed E-state index contributed by atoms with van der Waals surface area (Å²) in [6.45, 7) is 4.99. The monoisotopic (exact) mass is 346 g/mol. The molecule has 6 heteroatoms. The highest BCUT2D eigenvalue weighted by molar-refractivity contribution is 7.09. The van der Waals surface area contributed by atoms with E-state index in [1.807, 2.05) is 31.2 Å². The topological polar surface area (TPSA) is 50.8 Å². The molecule has 0 aliphatic carbocycles. The molecule has 1 aliphatic heterocycles. The smallest absolute Gasteiger partial charge is 0.317 e. The molecule has 1 N–H and O–H groups in total. The molecule has 0 saturated heterocycles. The van der Waals surface area contributed by atoms with Crippen molar-refractivity contribution in [3.8, 4) is 11.5 Å². The summed E-state index contributed by atoms with van der Waals surface area (Å²) in [6, 6.07) is 9.92. The Morgan fingerprint density at radius 1 is 1.25 bits per heavy atom. The van der Waals surface area contributed by atoms with Crippen LogP contribution >= 0.6 is 11.3 Å². The van der Waals surface area contributed by atoms with Gasteiger partial charge in [-0.3, -0.25) is 0 Å². The van der Waals surface area contributed by atoms with Gasteiger partial charge in [-0.05, 0) is 42.5 Å². The van der Waals surface area contributed by atoms with Crippen molar-refractivity contribution in [2.75, 3.05) is 26.3 Å². The molecule has 1 aromatic heterocycles. The highest BCUT2D eigenvalue weighted by Gasteiger charge is 2.15. The lowest BCUT2D eigenvalue weighted by Crippen LogP contribution is -2.40. The van der Waals surface area contributed by atoms with Crippen LogP contribution < -0.4 is 14.8 Å². The van der Waals surface area contributed by atoms with Gasteiger partial charge in [-0.25, -0.2) is 4.79 Å². The summed E-state index contributed by atoms with van der Waals surface area (Å²) in [7, 11) is 0. The second-order valence-corrected chi connectivity index (χ2v) is 6.59. The number of amides is 2. The van der Waals surface area contributed by atoms with E-state index in [-0.39, 0.29) is 6.03 Å². The highest BCUT2D eigenvalue weighted by atomic mass is 32.1. The molecule has 0 radical (unpaired) electrons. The molecular weight excluding hydrogens is 324 g/mol. The fourth-order valence-corrected chi connectivity index (χ4v) is 3.30. The zero-order valence-corrected chi connectivity index (χ0v) is 14.6. The molecule has 1 aromatic carbocycles. The van der Waals surface area contributed by atoms with E-state index in [2.05, 4.69) is 16.8 Å². The van der Waals surface area contributed by atoms with Crippen LogP contribution in [0.25, 0.3) is 0 Å². The van der Waals surface area contributed by atoms with Gasteiger partial charge in [-0.1, -0.05) is 12.1 Å². The van der Waals surface area contributed by atoms with Gasteiger partial charge in [0.05, 0.1) is 0 Å². The molecule has 0 spiro atoms. The van der Waals surface area contributed by atoms with Crippen molar-refractivity contribution in [3.63, 3.8) is 0 Å². The Kier molecular flexibility index (Phi) is 5.59. The van der Waals surface area contributed by atoms with Gasteiger partial charge in [0.25, 0.3) is 0 Å². The number of nitrogens with one attached hydrogen (secondary N) is 1. The summed E-state index contributed by atoms with van der Waals surface area (Å²) in [6.07, 6.45) is 0.866. The maximum absolute atomic E-state index is 12.4. The van der Waals surface area contributed by atoms with E-state index >= 15 is 0 Å². The Morgan fingerprint density at radius 3 is 2.83 bits per heavy atom. The van der Waals surface area contributed by atoms with Crippen molar-refractivity contribution < 1.29 is 14.3 Å². The first-order valence-corrected chi connectivity index (χ1v) is 9.08. The van der Waals surface area contributed by atoms with E-state index in [0.29, 0.717) is 32.8 Å². The first-order valence-electron chi connectivity index (χ1n) is 8.20. The SMILES string of the molecule is CCN(Cc1ccc2c(c1)OCCO2)C(=O)NCCc1cccs1. The number of carbonyl (C=O) groups is 1. The number of hydrogen-bond acceptors (Lipinski definition) is 4. The third kappa shape index (κ3) is 4.20. The lowest BCUT2D eigenvalue weighted by atomic mass is 10.2. The van der Waals surface area contributed by atoms with Gasteiger partial charge in [0.15, 0.2) is 11.5 Å². The van der Waals surface area contributed by atoms with Crippen molar-refractivity contribution in [3.05, 3.63) is 46.2 Å². The Hall–Kier alpha value is -2.21. The number of urea groups is 1. The molecule has 2 heterocycles. The minimum absolute atomic E-state index is 0.0380. The molecule has 0 bridgehead atoms. The van der Waals surface area contributed by atoms with Gasteiger partial charge in [0, 0.05) is 24.5 Å². The number of carbonyl (C=O) groups excluding carboxylic acids is 1. The number of nitrogens with zero attached hydrogens (tertiary/aromatic N) is 1. The Morgan fingerprint density at radius 2 is 2.08 bits per heavy atom. The van der Waals surface area contributed by atoms with Gasteiger partial charge in [0.1, 0.15) is 13.2 Å². The number of ether oxygens (including phenoxy) is 2. The van der Waals surface area contributed by atoms with E-state index < -0.39 is 0 Å². The quantitative estimate of drug-likeness (QED) is 0.873. The van der Waals surface area contributed by atoms with E-state index in [0.717, 1.165) is 23.5 Å². The van der Waals surface area contributed by atoms with E-state index in [9.17, 15) is 4.79 Å². The van der Waals surface area contributed by atoms with Crippen LogP contribution in [0, 0.1) is 0 Å². The van der Waals surface area contributed by atoms with Gasteiger partial charge in [-0.2, -0.15) is 0 Å². The summed E-state index contributed by atoms with van der Waals surface area (Å²) in [5.41, 5.74) is 1.04. The fourth-order valence-electron chi connectivity index (χ4n) is 2.59. The summed E-state index contributed by atoms with van der Waals surface area (Å²) in [4.78, 5) is 15.4. The third-order valence-corrected chi connectivity index (χ3v) is 4.81. The second kappa shape index (κ2) is 8.06. The van der Waals surface area contributed by atoms with Crippen molar-refractivity contribution in [1.29, 1.82) is 0 Å². The lowest BCUT2D eigenvalue weighted by molar-refractivity contribution is 0.171. The lowest BCUT2D eigenvalue weighted by Gasteiger charge is -2.23. The Balaban J connectivity index is 1.54. The van der Waals surface area contributed by atoms with Crippen molar-refractivity contribution in [2.45, 2.75) is 19.9 Å². The zero-order chi connectivity index (χ0) is 16.8. The Labute approximate surface area is 146 Å². The molecule has 3 rings (SSSR count). The summed E-state index contributed by atoms with van der Waals surface area (Å²) in [5, 5.41) is 5.05. The average molecular weight is 346 g/mol. The second-order valence-electron chi connectivity index (χ2n) is 5.55. The molecule has 128 valence electrons. The van der Waals surface area contributed by atoms with Crippen molar-refractivity contribution in [2.24, 2.45) is 0 Å². The van der Waals surface area contributed by atoms with Crippen LogP contribution in [-0.4, -0.2) is 37.2 Å². The maximum atomic E-state index is 12.4. The van der Waals surface area contributed by atoms with E-state index in [4.69, 9.17) is 9.47 Å². The summed E-state index contributed by atoms with van der Waals surface area (Å²) < 4.78 is 11.1. The van der Waals surface area contributed by atoms with Crippen LogP contribution in [0.15, 0.2) is 35.7 Å². The number of benzene rings is 1. The number of hydrogen-bond donors (Lipinski definition) is 1. The molecule has 0 saturated carbocycles. The largest absolute Gasteiger partial charge is 0.486 e.